The summed E-state index contributed by atoms with van der Waals surface area (Å²) in [5, 5.41) is 19.2. The molecule has 9 aromatic rings. The molecule has 0 amide bonds. The maximum Gasteiger partial charge on any atom is 0.254 e. The van der Waals surface area contributed by atoms with Gasteiger partial charge in [-0.2, -0.15) is 10.2 Å². The molecule has 0 unspecified atom stereocenters. The highest BCUT2D eigenvalue weighted by Crippen LogP contribution is 2.59. The number of benzene rings is 7. The van der Waals surface area contributed by atoms with Crippen molar-refractivity contribution in [1.29, 1.82) is 0 Å². The summed E-state index contributed by atoms with van der Waals surface area (Å²) in [6.45, 7) is 17.1. The first-order valence-corrected chi connectivity index (χ1v) is 21.7. The van der Waals surface area contributed by atoms with Crippen LogP contribution in [0.3, 0.4) is 0 Å². The number of aromatic nitrogens is 4. The molecule has 0 atom stereocenters. The highest BCUT2D eigenvalue weighted by atomic mass is 15.3. The largest absolute Gasteiger partial charge is 0.254 e. The van der Waals surface area contributed by atoms with E-state index in [1.54, 1.807) is 5.56 Å². The van der Waals surface area contributed by atoms with Crippen LogP contribution in [0.15, 0.2) is 109 Å². The highest BCUT2D eigenvalue weighted by molar-refractivity contribution is 7.03. The molecule has 4 aliphatic rings. The second-order valence-corrected chi connectivity index (χ2v) is 19.8. The van der Waals surface area contributed by atoms with Crippen molar-refractivity contribution in [3.8, 4) is 33.6 Å². The fourth-order valence-corrected chi connectivity index (χ4v) is 12.9. The van der Waals surface area contributed by atoms with Gasteiger partial charge in [-0.25, -0.2) is 9.36 Å². The van der Waals surface area contributed by atoms with Crippen LogP contribution in [0.4, 0.5) is 0 Å². The Hall–Kier alpha value is -5.94. The van der Waals surface area contributed by atoms with Gasteiger partial charge < -0.3 is 0 Å². The molecule has 0 bridgehead atoms. The molecule has 0 saturated heterocycles. The predicted octanol–water partition coefficient (Wildman–Crippen LogP) is 11.2. The Morgan fingerprint density at radius 2 is 0.847 bits per heavy atom. The quantitative estimate of drug-likeness (QED) is 0.164. The van der Waals surface area contributed by atoms with Crippen molar-refractivity contribution in [2.24, 2.45) is 0 Å². The van der Waals surface area contributed by atoms with Crippen molar-refractivity contribution in [3.05, 3.63) is 137 Å². The van der Waals surface area contributed by atoms with Crippen LogP contribution < -0.4 is 16.4 Å². The zero-order valence-corrected chi connectivity index (χ0v) is 35.1. The van der Waals surface area contributed by atoms with Gasteiger partial charge in [0.15, 0.2) is 0 Å². The van der Waals surface area contributed by atoms with E-state index in [-0.39, 0.29) is 23.0 Å². The van der Waals surface area contributed by atoms with Gasteiger partial charge in [-0.3, -0.25) is 0 Å². The normalized spacial score (nSPS) is 17.5. The van der Waals surface area contributed by atoms with Gasteiger partial charge in [0.05, 0.1) is 33.8 Å². The van der Waals surface area contributed by atoms with Crippen LogP contribution in [0.1, 0.15) is 88.4 Å². The zero-order chi connectivity index (χ0) is 39.9. The van der Waals surface area contributed by atoms with E-state index in [9.17, 15) is 0 Å². The molecule has 4 nitrogen and oxygen atoms in total. The minimum Gasteiger partial charge on any atom is -0.233 e. The van der Waals surface area contributed by atoms with Crippen LogP contribution in [0.2, 0.25) is 0 Å². The van der Waals surface area contributed by atoms with Crippen molar-refractivity contribution in [1.82, 2.24) is 19.6 Å². The summed E-state index contributed by atoms with van der Waals surface area (Å²) in [6, 6.07) is 40.6. The van der Waals surface area contributed by atoms with E-state index in [0.717, 1.165) is 24.2 Å². The maximum atomic E-state index is 5.75. The van der Waals surface area contributed by atoms with Crippen molar-refractivity contribution in [2.45, 2.75) is 90.4 Å². The van der Waals surface area contributed by atoms with Crippen LogP contribution in [0.5, 0.6) is 0 Å². The zero-order valence-electron chi connectivity index (χ0n) is 35.1. The van der Waals surface area contributed by atoms with Crippen molar-refractivity contribution >= 4 is 66.5 Å². The minimum atomic E-state index is -0.0520. The smallest absolute Gasteiger partial charge is 0.233 e. The Bertz CT molecular complexity index is 3150. The molecule has 5 heteroatoms. The van der Waals surface area contributed by atoms with Gasteiger partial charge in [0.1, 0.15) is 0 Å². The third-order valence-electron chi connectivity index (χ3n) is 15.6. The van der Waals surface area contributed by atoms with E-state index in [2.05, 4.69) is 167 Å². The summed E-state index contributed by atoms with van der Waals surface area (Å²) < 4.78 is 4.91. The van der Waals surface area contributed by atoms with Gasteiger partial charge in [0, 0.05) is 21.9 Å². The van der Waals surface area contributed by atoms with Crippen LogP contribution in [-0.4, -0.2) is 26.3 Å². The predicted molar refractivity (Wildman–Crippen MR) is 248 cm³/mol. The first-order chi connectivity index (χ1) is 28.5. The molecule has 0 N–H and O–H groups in total. The summed E-state index contributed by atoms with van der Waals surface area (Å²) in [4.78, 5) is 0. The summed E-state index contributed by atoms with van der Waals surface area (Å²) in [7, 11) is 0. The summed E-state index contributed by atoms with van der Waals surface area (Å²) >= 11 is 0. The lowest BCUT2D eigenvalue weighted by Crippen LogP contribution is -2.62. The van der Waals surface area contributed by atoms with Crippen molar-refractivity contribution in [2.75, 3.05) is 0 Å². The molecular weight excluding hydrogens is 715 g/mol. The van der Waals surface area contributed by atoms with E-state index in [1.807, 2.05) is 0 Å². The van der Waals surface area contributed by atoms with Gasteiger partial charge in [-0.1, -0.05) is 144 Å². The Morgan fingerprint density at radius 1 is 0.458 bits per heavy atom. The molecule has 0 fully saturated rings. The average molecular weight is 763 g/mol. The van der Waals surface area contributed by atoms with Gasteiger partial charge in [-0.05, 0) is 122 Å². The molecule has 59 heavy (non-hydrogen) atoms. The van der Waals surface area contributed by atoms with E-state index < -0.39 is 0 Å². The third-order valence-corrected chi connectivity index (χ3v) is 15.6. The monoisotopic (exact) mass is 762 g/mol. The van der Waals surface area contributed by atoms with E-state index in [0.29, 0.717) is 0 Å². The van der Waals surface area contributed by atoms with Crippen molar-refractivity contribution < 1.29 is 0 Å². The van der Waals surface area contributed by atoms with Crippen molar-refractivity contribution in [3.63, 3.8) is 0 Å². The molecule has 2 aromatic heterocycles. The summed E-state index contributed by atoms with van der Waals surface area (Å²) in [5.74, 6) is 0. The number of hydrogen-bond acceptors (Lipinski definition) is 2. The Labute approximate surface area is 346 Å². The van der Waals surface area contributed by atoms with E-state index >= 15 is 0 Å². The molecule has 0 spiro atoms. The molecule has 13 rings (SSSR count). The molecule has 4 heterocycles. The Balaban J connectivity index is 1.35. The second-order valence-electron chi connectivity index (χ2n) is 19.8. The Kier molecular flexibility index (Phi) is 6.34. The van der Waals surface area contributed by atoms with Crippen LogP contribution >= 0.6 is 0 Å². The topological polar surface area (TPSA) is 35.6 Å². The van der Waals surface area contributed by atoms with Crippen LogP contribution in [-0.2, 0) is 16.2 Å². The van der Waals surface area contributed by atoms with Crippen LogP contribution in [0, 0.1) is 13.8 Å². The first kappa shape index (κ1) is 34.0. The molecule has 2 aliphatic heterocycles. The Morgan fingerprint density at radius 3 is 1.27 bits per heavy atom. The lowest BCUT2D eigenvalue weighted by molar-refractivity contribution is 0.241. The fourth-order valence-electron chi connectivity index (χ4n) is 12.9. The molecule has 7 aromatic carbocycles. The molecule has 0 radical (unpaired) electrons. The standard InChI is InChI=1S/C54H47BN4/c1-30-38-40(32-18-10-8-11-19-32)34-22-14-16-24-36(34)45-48(38)58(56-30)50-43-42-44(53(5,6)27-29-54(42,7)28-26-52(43,3)4)51-47(50)55(45)46-37-25-17-15-23-35(37)41(33-20-12-9-13-21-33)39-31(2)57-59(51)49(39)46/h8-25H,26-29H2,1-7H3. The minimum absolute atomic E-state index is 0.0371. The first-order valence-electron chi connectivity index (χ1n) is 21.7. The average Bonchev–Trinajstić information content (AvgIpc) is 3.77. The van der Waals surface area contributed by atoms with E-state index in [4.69, 9.17) is 10.2 Å². The second kappa shape index (κ2) is 11.0. The van der Waals surface area contributed by atoms with Gasteiger partial charge in [0.2, 0.25) is 0 Å². The van der Waals surface area contributed by atoms with Crippen LogP contribution in [0.25, 0.3) is 77.0 Å². The SMILES string of the molecule is Cc1nn2c3c(c4ccccc4c(-c4ccccc4)c13)B1c3c-2c2c4c(c3-n3nc(C)c5c(-c6ccccc6)c6ccccc6c1c53)C(C)(C)CCC4(C)CCC2(C)C. The maximum absolute atomic E-state index is 5.75. The van der Waals surface area contributed by atoms with Gasteiger partial charge in [0.25, 0.3) is 6.71 Å². The highest BCUT2D eigenvalue weighted by Gasteiger charge is 2.55. The number of nitrogens with zero attached hydrogens (tertiary/aromatic N) is 4. The summed E-state index contributed by atoms with van der Waals surface area (Å²) in [5.41, 5.74) is 21.2. The number of rotatable bonds is 2. The molecular formula is C54H47BN4. The lowest BCUT2D eigenvalue weighted by Gasteiger charge is -2.54. The lowest BCUT2D eigenvalue weighted by atomic mass is 9.32. The number of hydrogen-bond donors (Lipinski definition) is 0. The fraction of sp³-hybridized carbons (Fsp3) is 0.259. The van der Waals surface area contributed by atoms with Gasteiger partial charge >= 0.3 is 0 Å². The van der Waals surface area contributed by atoms with E-state index in [1.165, 1.54) is 117 Å². The number of aryl methyl sites for hydroxylation is 2. The van der Waals surface area contributed by atoms with Gasteiger partial charge in [-0.15, -0.1) is 0 Å². The third kappa shape index (κ3) is 4.02. The molecule has 286 valence electrons. The summed E-state index contributed by atoms with van der Waals surface area (Å²) in [6.07, 6.45) is 4.69. The molecule has 2 aliphatic carbocycles. The molecule has 0 saturated carbocycles. The number of fused-ring (bicyclic) bond motifs is 10.